The van der Waals surface area contributed by atoms with Gasteiger partial charge in [0.05, 0.1) is 0 Å². The number of aromatic nitrogens is 1. The molecule has 0 aliphatic rings. The molecule has 0 amide bonds. The highest BCUT2D eigenvalue weighted by Gasteiger charge is 2.03. The molecular formula is C17H21IN4S. The van der Waals surface area contributed by atoms with Crippen molar-refractivity contribution in [1.29, 1.82) is 0 Å². The number of guanidine groups is 1. The number of nitrogens with zero attached hydrogens (tertiary/aromatic N) is 1. The van der Waals surface area contributed by atoms with Crippen molar-refractivity contribution in [1.82, 2.24) is 15.6 Å². The van der Waals surface area contributed by atoms with E-state index in [0.29, 0.717) is 0 Å². The van der Waals surface area contributed by atoms with Gasteiger partial charge in [0.25, 0.3) is 0 Å². The SMILES string of the molecule is CN=C(NCCc1c[nH]c2ccccc12)NCc1ccsc1.I. The molecule has 2 heterocycles. The molecule has 3 aromatic rings. The Morgan fingerprint density at radius 2 is 2.09 bits per heavy atom. The van der Waals surface area contributed by atoms with Gasteiger partial charge in [-0.05, 0) is 40.4 Å². The molecule has 6 heteroatoms. The number of aliphatic imine (C=N–C) groups is 1. The Balaban J connectivity index is 0.00000192. The molecule has 0 radical (unpaired) electrons. The van der Waals surface area contributed by atoms with Crippen LogP contribution in [0.25, 0.3) is 10.9 Å². The summed E-state index contributed by atoms with van der Waals surface area (Å²) in [6.07, 6.45) is 3.05. The number of hydrogen-bond donors (Lipinski definition) is 3. The Labute approximate surface area is 157 Å². The summed E-state index contributed by atoms with van der Waals surface area (Å²) >= 11 is 1.71. The minimum absolute atomic E-state index is 0. The zero-order chi connectivity index (χ0) is 15.2. The first-order chi connectivity index (χ1) is 10.9. The highest BCUT2D eigenvalue weighted by Crippen LogP contribution is 2.17. The maximum Gasteiger partial charge on any atom is 0.191 e. The van der Waals surface area contributed by atoms with Gasteiger partial charge in [0.15, 0.2) is 5.96 Å². The molecule has 0 fully saturated rings. The van der Waals surface area contributed by atoms with Crippen molar-refractivity contribution in [3.05, 3.63) is 58.4 Å². The largest absolute Gasteiger partial charge is 0.361 e. The quantitative estimate of drug-likeness (QED) is 0.322. The van der Waals surface area contributed by atoms with Crippen LogP contribution < -0.4 is 10.6 Å². The number of hydrogen-bond acceptors (Lipinski definition) is 2. The maximum absolute atomic E-state index is 4.26. The van der Waals surface area contributed by atoms with Crippen molar-refractivity contribution >= 4 is 52.2 Å². The fourth-order valence-electron chi connectivity index (χ4n) is 2.45. The van der Waals surface area contributed by atoms with Gasteiger partial charge in [0.1, 0.15) is 0 Å². The highest BCUT2D eigenvalue weighted by molar-refractivity contribution is 14.0. The van der Waals surface area contributed by atoms with Crippen LogP contribution >= 0.6 is 35.3 Å². The Hall–Kier alpha value is -1.54. The van der Waals surface area contributed by atoms with Gasteiger partial charge in [-0.3, -0.25) is 4.99 Å². The Bertz CT molecular complexity index is 749. The molecule has 122 valence electrons. The van der Waals surface area contributed by atoms with E-state index >= 15 is 0 Å². The van der Waals surface area contributed by atoms with E-state index in [1.165, 1.54) is 22.0 Å². The van der Waals surface area contributed by atoms with Crippen LogP contribution in [0.3, 0.4) is 0 Å². The number of para-hydroxylation sites is 1. The van der Waals surface area contributed by atoms with E-state index < -0.39 is 0 Å². The summed E-state index contributed by atoms with van der Waals surface area (Å²) in [5.41, 5.74) is 3.80. The Morgan fingerprint density at radius 3 is 2.87 bits per heavy atom. The lowest BCUT2D eigenvalue weighted by Gasteiger charge is -2.11. The van der Waals surface area contributed by atoms with Crippen molar-refractivity contribution in [2.45, 2.75) is 13.0 Å². The molecule has 0 spiro atoms. The van der Waals surface area contributed by atoms with Gasteiger partial charge in [0.2, 0.25) is 0 Å². The minimum atomic E-state index is 0. The van der Waals surface area contributed by atoms with Gasteiger partial charge in [-0.25, -0.2) is 0 Å². The maximum atomic E-state index is 4.26. The van der Waals surface area contributed by atoms with Crippen LogP contribution in [-0.4, -0.2) is 24.5 Å². The van der Waals surface area contributed by atoms with Crippen LogP contribution in [-0.2, 0) is 13.0 Å². The number of rotatable bonds is 5. The van der Waals surface area contributed by atoms with Crippen molar-refractivity contribution in [2.75, 3.05) is 13.6 Å². The number of halogens is 1. The monoisotopic (exact) mass is 440 g/mol. The van der Waals surface area contributed by atoms with E-state index in [0.717, 1.165) is 25.5 Å². The third-order valence-corrected chi connectivity index (χ3v) is 4.36. The normalized spacial score (nSPS) is 11.3. The molecule has 0 unspecified atom stereocenters. The number of thiophene rings is 1. The molecule has 3 N–H and O–H groups in total. The van der Waals surface area contributed by atoms with E-state index in [4.69, 9.17) is 0 Å². The summed E-state index contributed by atoms with van der Waals surface area (Å²) in [5, 5.41) is 12.2. The Kier molecular flexibility index (Phi) is 6.91. The van der Waals surface area contributed by atoms with Gasteiger partial charge < -0.3 is 15.6 Å². The Morgan fingerprint density at radius 1 is 1.22 bits per heavy atom. The summed E-state index contributed by atoms with van der Waals surface area (Å²) in [5.74, 6) is 0.839. The second-order valence-corrected chi connectivity index (χ2v) is 5.87. The number of benzene rings is 1. The molecule has 2 aromatic heterocycles. The minimum Gasteiger partial charge on any atom is -0.361 e. The number of H-pyrrole nitrogens is 1. The lowest BCUT2D eigenvalue weighted by Crippen LogP contribution is -2.37. The zero-order valence-electron chi connectivity index (χ0n) is 13.0. The van der Waals surface area contributed by atoms with Gasteiger partial charge in [0, 0.05) is 37.2 Å². The summed E-state index contributed by atoms with van der Waals surface area (Å²) < 4.78 is 0. The van der Waals surface area contributed by atoms with Crippen LogP contribution in [0.15, 0.2) is 52.3 Å². The molecule has 1 aromatic carbocycles. The topological polar surface area (TPSA) is 52.2 Å². The number of aromatic amines is 1. The average Bonchev–Trinajstić information content (AvgIpc) is 3.20. The number of nitrogens with one attached hydrogen (secondary N) is 3. The predicted octanol–water partition coefficient (Wildman–Crippen LogP) is 3.76. The first kappa shape index (κ1) is 17.8. The molecule has 0 saturated carbocycles. The van der Waals surface area contributed by atoms with E-state index in [1.807, 2.05) is 0 Å². The molecule has 0 atom stereocenters. The van der Waals surface area contributed by atoms with Crippen LogP contribution in [0.2, 0.25) is 0 Å². The first-order valence-electron chi connectivity index (χ1n) is 7.37. The third kappa shape index (κ3) is 4.71. The van der Waals surface area contributed by atoms with E-state index in [2.05, 4.69) is 67.9 Å². The average molecular weight is 440 g/mol. The molecule has 3 rings (SSSR count). The fraction of sp³-hybridized carbons (Fsp3) is 0.235. The lowest BCUT2D eigenvalue weighted by molar-refractivity contribution is 0.797. The second kappa shape index (κ2) is 8.93. The summed E-state index contributed by atoms with van der Waals surface area (Å²) in [7, 11) is 1.80. The third-order valence-electron chi connectivity index (χ3n) is 3.63. The highest BCUT2D eigenvalue weighted by atomic mass is 127. The van der Waals surface area contributed by atoms with Gasteiger partial charge >= 0.3 is 0 Å². The van der Waals surface area contributed by atoms with Gasteiger partial charge in [-0.2, -0.15) is 11.3 Å². The number of fused-ring (bicyclic) bond motifs is 1. The molecule has 0 aliphatic heterocycles. The van der Waals surface area contributed by atoms with Crippen molar-refractivity contribution in [2.24, 2.45) is 4.99 Å². The standard InChI is InChI=1S/C17H20N4S.HI/c1-18-17(21-10-13-7-9-22-12-13)19-8-6-14-11-20-16-5-3-2-4-15(14)16;/h2-5,7,9,11-12,20H,6,8,10H2,1H3,(H2,18,19,21);1H. The second-order valence-electron chi connectivity index (χ2n) is 5.09. The van der Waals surface area contributed by atoms with Crippen LogP contribution in [0.5, 0.6) is 0 Å². The van der Waals surface area contributed by atoms with Crippen LogP contribution in [0.4, 0.5) is 0 Å². The first-order valence-corrected chi connectivity index (χ1v) is 8.31. The summed E-state index contributed by atoms with van der Waals surface area (Å²) in [6.45, 7) is 1.65. The molecule has 0 aliphatic carbocycles. The van der Waals surface area contributed by atoms with E-state index in [9.17, 15) is 0 Å². The smallest absolute Gasteiger partial charge is 0.191 e. The zero-order valence-corrected chi connectivity index (χ0v) is 16.2. The van der Waals surface area contributed by atoms with Gasteiger partial charge in [-0.15, -0.1) is 24.0 Å². The van der Waals surface area contributed by atoms with Crippen molar-refractivity contribution < 1.29 is 0 Å². The predicted molar refractivity (Wildman–Crippen MR) is 110 cm³/mol. The fourth-order valence-corrected chi connectivity index (χ4v) is 3.12. The molecule has 23 heavy (non-hydrogen) atoms. The lowest BCUT2D eigenvalue weighted by atomic mass is 10.1. The van der Waals surface area contributed by atoms with Crippen LogP contribution in [0, 0.1) is 0 Å². The van der Waals surface area contributed by atoms with Gasteiger partial charge in [-0.1, -0.05) is 18.2 Å². The molecule has 4 nitrogen and oxygen atoms in total. The van der Waals surface area contributed by atoms with Crippen LogP contribution in [0.1, 0.15) is 11.1 Å². The van der Waals surface area contributed by atoms with E-state index in [-0.39, 0.29) is 24.0 Å². The van der Waals surface area contributed by atoms with Crippen molar-refractivity contribution in [3.8, 4) is 0 Å². The summed E-state index contributed by atoms with van der Waals surface area (Å²) in [6, 6.07) is 10.5. The molecule has 0 saturated heterocycles. The summed E-state index contributed by atoms with van der Waals surface area (Å²) in [4.78, 5) is 7.57. The van der Waals surface area contributed by atoms with Crippen molar-refractivity contribution in [3.63, 3.8) is 0 Å². The molecule has 0 bridgehead atoms. The van der Waals surface area contributed by atoms with E-state index in [1.54, 1.807) is 18.4 Å². The molecular weight excluding hydrogens is 419 g/mol.